The molecule has 0 unspecified atom stereocenters. The maximum absolute atomic E-state index is 12.5. The first-order valence-electron chi connectivity index (χ1n) is 5.99. The van der Waals surface area contributed by atoms with E-state index in [2.05, 4.69) is 15.8 Å². The fourth-order valence-corrected chi connectivity index (χ4v) is 1.60. The van der Waals surface area contributed by atoms with Crippen LogP contribution in [0.1, 0.15) is 11.3 Å². The molecule has 2 N–H and O–H groups in total. The topological polar surface area (TPSA) is 67.2 Å². The van der Waals surface area contributed by atoms with E-state index in [0.29, 0.717) is 5.76 Å². The lowest BCUT2D eigenvalue weighted by Crippen LogP contribution is -2.22. The first-order valence-corrected chi connectivity index (χ1v) is 5.99. The van der Waals surface area contributed by atoms with Crippen LogP contribution in [-0.2, 0) is 11.0 Å². The number of amides is 1. The van der Waals surface area contributed by atoms with Crippen LogP contribution in [0.3, 0.4) is 0 Å². The smallest absolute Gasteiger partial charge is 0.376 e. The quantitative estimate of drug-likeness (QED) is 0.910. The molecular weight excluding hydrogens is 287 g/mol. The molecule has 1 amide bonds. The number of nitrogens with zero attached hydrogens (tertiary/aromatic N) is 1. The summed E-state index contributed by atoms with van der Waals surface area (Å²) in [5.41, 5.74) is -0.573. The third-order valence-electron chi connectivity index (χ3n) is 2.54. The van der Waals surface area contributed by atoms with Gasteiger partial charge in [0.1, 0.15) is 5.76 Å². The minimum absolute atomic E-state index is 0.187. The van der Waals surface area contributed by atoms with Crippen LogP contribution in [0.15, 0.2) is 34.9 Å². The van der Waals surface area contributed by atoms with Crippen molar-refractivity contribution < 1.29 is 22.5 Å². The van der Waals surface area contributed by atoms with Crippen molar-refractivity contribution >= 4 is 17.4 Å². The zero-order chi connectivity index (χ0) is 15.5. The van der Waals surface area contributed by atoms with Crippen LogP contribution < -0.4 is 10.6 Å². The van der Waals surface area contributed by atoms with Gasteiger partial charge >= 0.3 is 6.18 Å². The monoisotopic (exact) mass is 299 g/mol. The first-order chi connectivity index (χ1) is 9.84. The summed E-state index contributed by atoms with van der Waals surface area (Å²) in [6.07, 6.45) is -4.42. The Balaban J connectivity index is 1.92. The van der Waals surface area contributed by atoms with Crippen LogP contribution in [0.4, 0.5) is 24.7 Å². The number of hydrogen-bond acceptors (Lipinski definition) is 4. The van der Waals surface area contributed by atoms with Crippen molar-refractivity contribution in [1.29, 1.82) is 0 Å². The number of aromatic nitrogens is 1. The highest BCUT2D eigenvalue weighted by Crippen LogP contribution is 2.30. The second kappa shape index (κ2) is 5.86. The number of halogens is 3. The van der Waals surface area contributed by atoms with E-state index in [4.69, 9.17) is 4.52 Å². The Kier molecular flexibility index (Phi) is 4.15. The SMILES string of the molecule is Cc1cc(NC(=O)CNc2cccc(C(F)(F)F)c2)no1. The molecule has 1 heterocycles. The average Bonchev–Trinajstić information content (AvgIpc) is 2.81. The third kappa shape index (κ3) is 4.23. The highest BCUT2D eigenvalue weighted by atomic mass is 19.4. The number of nitrogens with one attached hydrogen (secondary N) is 2. The molecule has 1 aromatic carbocycles. The van der Waals surface area contributed by atoms with Crippen molar-refractivity contribution in [3.05, 3.63) is 41.7 Å². The number of hydrogen-bond donors (Lipinski definition) is 2. The number of rotatable bonds is 4. The fourth-order valence-electron chi connectivity index (χ4n) is 1.60. The highest BCUT2D eigenvalue weighted by Gasteiger charge is 2.30. The second-order valence-electron chi connectivity index (χ2n) is 4.30. The number of carbonyl (C=O) groups is 1. The van der Waals surface area contributed by atoms with Crippen LogP contribution in [0.25, 0.3) is 0 Å². The molecule has 0 fully saturated rings. The zero-order valence-corrected chi connectivity index (χ0v) is 11.0. The van der Waals surface area contributed by atoms with Gasteiger partial charge < -0.3 is 15.2 Å². The molecule has 0 saturated heterocycles. The summed E-state index contributed by atoms with van der Waals surface area (Å²) < 4.78 is 42.4. The van der Waals surface area contributed by atoms with E-state index < -0.39 is 17.6 Å². The van der Waals surface area contributed by atoms with Crippen molar-refractivity contribution in [2.24, 2.45) is 0 Å². The zero-order valence-electron chi connectivity index (χ0n) is 11.0. The molecule has 2 rings (SSSR count). The summed E-state index contributed by atoms with van der Waals surface area (Å²) in [6, 6.07) is 6.14. The van der Waals surface area contributed by atoms with Crippen LogP contribution in [-0.4, -0.2) is 17.6 Å². The third-order valence-corrected chi connectivity index (χ3v) is 2.54. The predicted molar refractivity (Wildman–Crippen MR) is 69.8 cm³/mol. The molecule has 0 aliphatic rings. The van der Waals surface area contributed by atoms with Crippen molar-refractivity contribution in [2.75, 3.05) is 17.2 Å². The number of anilines is 2. The van der Waals surface area contributed by atoms with Gasteiger partial charge in [-0.1, -0.05) is 11.2 Å². The molecule has 0 aliphatic heterocycles. The first kappa shape index (κ1) is 14.9. The van der Waals surface area contributed by atoms with Gasteiger partial charge in [0.15, 0.2) is 5.82 Å². The molecule has 0 aliphatic carbocycles. The molecule has 0 atom stereocenters. The molecular formula is C13H12F3N3O2. The lowest BCUT2D eigenvalue weighted by molar-refractivity contribution is -0.137. The van der Waals surface area contributed by atoms with Gasteiger partial charge in [0.25, 0.3) is 0 Å². The molecule has 5 nitrogen and oxygen atoms in total. The van der Waals surface area contributed by atoms with Gasteiger partial charge in [-0.2, -0.15) is 13.2 Å². The molecule has 112 valence electrons. The fraction of sp³-hybridized carbons (Fsp3) is 0.231. The second-order valence-corrected chi connectivity index (χ2v) is 4.30. The summed E-state index contributed by atoms with van der Waals surface area (Å²) in [5.74, 6) is 0.347. The molecule has 0 bridgehead atoms. The number of benzene rings is 1. The summed E-state index contributed by atoms with van der Waals surface area (Å²) in [7, 11) is 0. The maximum Gasteiger partial charge on any atom is 0.416 e. The largest absolute Gasteiger partial charge is 0.416 e. The van der Waals surface area contributed by atoms with E-state index in [1.807, 2.05) is 0 Å². The Hall–Kier alpha value is -2.51. The van der Waals surface area contributed by atoms with Gasteiger partial charge in [-0.25, -0.2) is 0 Å². The Morgan fingerprint density at radius 1 is 1.33 bits per heavy atom. The van der Waals surface area contributed by atoms with Crippen LogP contribution in [0, 0.1) is 6.92 Å². The lowest BCUT2D eigenvalue weighted by Gasteiger charge is -2.10. The standard InChI is InChI=1S/C13H12F3N3O2/c1-8-5-11(19-21-8)18-12(20)7-17-10-4-2-3-9(6-10)13(14,15)16/h2-6,17H,7H2,1H3,(H,18,19,20). The van der Waals surface area contributed by atoms with Crippen molar-refractivity contribution in [3.63, 3.8) is 0 Å². The van der Waals surface area contributed by atoms with Gasteiger partial charge in [-0.3, -0.25) is 4.79 Å². The minimum Gasteiger partial charge on any atom is -0.376 e. The average molecular weight is 299 g/mol. The highest BCUT2D eigenvalue weighted by molar-refractivity contribution is 5.92. The van der Waals surface area contributed by atoms with Gasteiger partial charge in [0, 0.05) is 11.8 Å². The molecule has 1 aromatic heterocycles. The van der Waals surface area contributed by atoms with Crippen LogP contribution in [0.2, 0.25) is 0 Å². The lowest BCUT2D eigenvalue weighted by atomic mass is 10.2. The predicted octanol–water partition coefficient (Wildman–Crippen LogP) is 3.05. The molecule has 2 aromatic rings. The van der Waals surface area contributed by atoms with E-state index in [0.717, 1.165) is 12.1 Å². The summed E-state index contributed by atoms with van der Waals surface area (Å²) in [6.45, 7) is 1.48. The number of carbonyl (C=O) groups excluding carboxylic acids is 1. The van der Waals surface area contributed by atoms with E-state index >= 15 is 0 Å². The van der Waals surface area contributed by atoms with E-state index in [1.54, 1.807) is 6.92 Å². The number of alkyl halides is 3. The molecule has 0 radical (unpaired) electrons. The number of aryl methyl sites for hydroxylation is 1. The molecule has 8 heteroatoms. The van der Waals surface area contributed by atoms with E-state index in [-0.39, 0.29) is 18.1 Å². The Bertz CT molecular complexity index is 638. The molecule has 0 spiro atoms. The maximum atomic E-state index is 12.5. The summed E-state index contributed by atoms with van der Waals surface area (Å²) in [4.78, 5) is 11.6. The van der Waals surface area contributed by atoms with E-state index in [1.165, 1.54) is 18.2 Å². The Morgan fingerprint density at radius 3 is 2.71 bits per heavy atom. The van der Waals surface area contributed by atoms with Crippen molar-refractivity contribution in [1.82, 2.24) is 5.16 Å². The van der Waals surface area contributed by atoms with Gasteiger partial charge in [-0.15, -0.1) is 0 Å². The van der Waals surface area contributed by atoms with Gasteiger partial charge in [0.05, 0.1) is 12.1 Å². The van der Waals surface area contributed by atoms with Gasteiger partial charge in [0.2, 0.25) is 5.91 Å². The molecule has 21 heavy (non-hydrogen) atoms. The minimum atomic E-state index is -4.42. The van der Waals surface area contributed by atoms with Crippen LogP contribution in [0.5, 0.6) is 0 Å². The van der Waals surface area contributed by atoms with Gasteiger partial charge in [-0.05, 0) is 25.1 Å². The van der Waals surface area contributed by atoms with Crippen LogP contribution >= 0.6 is 0 Å². The molecule has 0 saturated carbocycles. The summed E-state index contributed by atoms with van der Waals surface area (Å²) >= 11 is 0. The normalized spacial score (nSPS) is 11.2. The van der Waals surface area contributed by atoms with E-state index in [9.17, 15) is 18.0 Å². The van der Waals surface area contributed by atoms with Crippen molar-refractivity contribution in [2.45, 2.75) is 13.1 Å². The summed E-state index contributed by atoms with van der Waals surface area (Å²) in [5, 5.41) is 8.64. The Morgan fingerprint density at radius 2 is 2.10 bits per heavy atom. The Labute approximate surface area is 118 Å². The van der Waals surface area contributed by atoms with Crippen molar-refractivity contribution in [3.8, 4) is 0 Å².